The van der Waals surface area contributed by atoms with Crippen LogP contribution in [0.2, 0.25) is 5.02 Å². The monoisotopic (exact) mass is 372 g/mol. The van der Waals surface area contributed by atoms with E-state index in [0.717, 1.165) is 0 Å². The summed E-state index contributed by atoms with van der Waals surface area (Å²) in [6.45, 7) is 0. The lowest BCUT2D eigenvalue weighted by Crippen LogP contribution is -2.43. The summed E-state index contributed by atoms with van der Waals surface area (Å²) in [5, 5.41) is 1.02. The molecule has 0 fully saturated rings. The highest BCUT2D eigenvalue weighted by Gasteiger charge is 2.15. The molecule has 8 heteroatoms. The van der Waals surface area contributed by atoms with Crippen molar-refractivity contribution < 1.29 is 18.7 Å². The Hall–Kier alpha value is -3.32. The summed E-state index contributed by atoms with van der Waals surface area (Å²) in [5.41, 5.74) is 3.93. The quantitative estimate of drug-likeness (QED) is 0.544. The van der Waals surface area contributed by atoms with Gasteiger partial charge in [0.2, 0.25) is 0 Å². The Bertz CT molecular complexity index is 1040. The minimum absolute atomic E-state index is 0.237. The van der Waals surface area contributed by atoms with Gasteiger partial charge in [0, 0.05) is 22.0 Å². The summed E-state index contributed by atoms with van der Waals surface area (Å²) in [5.74, 6) is -0.822. The van der Waals surface area contributed by atoms with Crippen LogP contribution in [0.15, 0.2) is 57.7 Å². The molecule has 0 spiro atoms. The first-order chi connectivity index (χ1) is 12.5. The van der Waals surface area contributed by atoms with E-state index in [1.54, 1.807) is 30.3 Å². The topological polar surface area (TPSA) is 97.6 Å². The van der Waals surface area contributed by atoms with Gasteiger partial charge in [-0.05, 0) is 42.5 Å². The minimum atomic E-state index is -0.830. The maximum absolute atomic E-state index is 12.2. The molecule has 3 rings (SSSR count). The van der Waals surface area contributed by atoms with E-state index in [0.29, 0.717) is 21.7 Å². The van der Waals surface area contributed by atoms with Crippen LogP contribution >= 0.6 is 11.6 Å². The third-order valence-corrected chi connectivity index (χ3v) is 3.84. The third kappa shape index (κ3) is 3.68. The summed E-state index contributed by atoms with van der Waals surface area (Å²) in [6.07, 6.45) is 0. The molecule has 0 aliphatic carbocycles. The lowest BCUT2D eigenvalue weighted by Gasteiger charge is -2.08. The number of ether oxygens (including phenoxy) is 1. The third-order valence-electron chi connectivity index (χ3n) is 3.58. The van der Waals surface area contributed by atoms with Crippen LogP contribution in [-0.4, -0.2) is 18.9 Å². The van der Waals surface area contributed by atoms with Gasteiger partial charge < -0.3 is 9.15 Å². The second kappa shape index (κ2) is 7.28. The molecule has 0 bridgehead atoms. The van der Waals surface area contributed by atoms with Crippen molar-refractivity contribution in [2.24, 2.45) is 0 Å². The molecule has 0 saturated heterocycles. The van der Waals surface area contributed by atoms with Crippen LogP contribution in [0.25, 0.3) is 11.0 Å². The molecule has 0 saturated carbocycles. The lowest BCUT2D eigenvalue weighted by molar-refractivity contribution is 0.0844. The fourth-order valence-electron chi connectivity index (χ4n) is 2.23. The number of fused-ring (bicyclic) bond motifs is 1. The van der Waals surface area contributed by atoms with Gasteiger partial charge in [-0.1, -0.05) is 11.6 Å². The van der Waals surface area contributed by atoms with Gasteiger partial charge in [0.25, 0.3) is 11.8 Å². The van der Waals surface area contributed by atoms with Crippen LogP contribution < -0.4 is 21.2 Å². The van der Waals surface area contributed by atoms with Crippen LogP contribution in [-0.2, 0) is 0 Å². The summed E-state index contributed by atoms with van der Waals surface area (Å²) in [6, 6.07) is 12.3. The second-order valence-electron chi connectivity index (χ2n) is 5.27. The Morgan fingerprint density at radius 3 is 2.38 bits per heavy atom. The molecule has 2 N–H and O–H groups in total. The van der Waals surface area contributed by atoms with Crippen LogP contribution in [0.1, 0.15) is 20.7 Å². The van der Waals surface area contributed by atoms with Gasteiger partial charge in [0.05, 0.1) is 7.11 Å². The first-order valence-electron chi connectivity index (χ1n) is 7.46. The maximum Gasteiger partial charge on any atom is 0.349 e. The highest BCUT2D eigenvalue weighted by molar-refractivity contribution is 6.30. The Balaban J connectivity index is 1.77. The van der Waals surface area contributed by atoms with Crippen molar-refractivity contribution in [2.45, 2.75) is 0 Å². The van der Waals surface area contributed by atoms with Crippen molar-refractivity contribution >= 4 is 34.4 Å². The van der Waals surface area contributed by atoms with E-state index in [4.69, 9.17) is 20.8 Å². The standard InChI is InChI=1S/C18H13ClN2O5/c1-25-13-7-4-11-8-14(18(24)26-15(11)9-13)17(23)21-20-16(22)10-2-5-12(19)6-3-10/h2-9H,1H3,(H,20,22)(H,21,23). The minimum Gasteiger partial charge on any atom is -0.497 e. The van der Waals surface area contributed by atoms with Crippen molar-refractivity contribution in [3.05, 3.63) is 75.1 Å². The molecule has 0 unspecified atom stereocenters. The fourth-order valence-corrected chi connectivity index (χ4v) is 2.36. The molecule has 0 radical (unpaired) electrons. The largest absolute Gasteiger partial charge is 0.497 e. The summed E-state index contributed by atoms with van der Waals surface area (Å²) in [4.78, 5) is 36.2. The summed E-state index contributed by atoms with van der Waals surface area (Å²) in [7, 11) is 1.49. The number of rotatable bonds is 3. The summed E-state index contributed by atoms with van der Waals surface area (Å²) >= 11 is 5.75. The first-order valence-corrected chi connectivity index (χ1v) is 7.84. The fraction of sp³-hybridized carbons (Fsp3) is 0.0556. The highest BCUT2D eigenvalue weighted by atomic mass is 35.5. The Morgan fingerprint density at radius 2 is 1.69 bits per heavy atom. The van der Waals surface area contributed by atoms with E-state index in [1.165, 1.54) is 25.3 Å². The van der Waals surface area contributed by atoms with Crippen molar-refractivity contribution in [2.75, 3.05) is 7.11 Å². The molecule has 7 nitrogen and oxygen atoms in total. The van der Waals surface area contributed by atoms with E-state index in [-0.39, 0.29) is 11.1 Å². The number of hydrogen-bond acceptors (Lipinski definition) is 5. The lowest BCUT2D eigenvalue weighted by atomic mass is 10.1. The second-order valence-corrected chi connectivity index (χ2v) is 5.70. The van der Waals surface area contributed by atoms with E-state index >= 15 is 0 Å². The molecular formula is C18H13ClN2O5. The molecular weight excluding hydrogens is 360 g/mol. The van der Waals surface area contributed by atoms with Gasteiger partial charge in [-0.3, -0.25) is 20.4 Å². The highest BCUT2D eigenvalue weighted by Crippen LogP contribution is 2.20. The number of amides is 2. The van der Waals surface area contributed by atoms with Gasteiger partial charge >= 0.3 is 5.63 Å². The zero-order chi connectivity index (χ0) is 18.7. The number of carbonyl (C=O) groups excluding carboxylic acids is 2. The number of hydrazine groups is 1. The summed E-state index contributed by atoms with van der Waals surface area (Å²) < 4.78 is 10.2. The predicted molar refractivity (Wildman–Crippen MR) is 95.4 cm³/mol. The van der Waals surface area contributed by atoms with Crippen molar-refractivity contribution in [3.63, 3.8) is 0 Å². The van der Waals surface area contributed by atoms with Gasteiger partial charge in [-0.25, -0.2) is 4.79 Å². The molecule has 3 aromatic rings. The molecule has 0 atom stereocenters. The van der Waals surface area contributed by atoms with Crippen LogP contribution in [0.3, 0.4) is 0 Å². The van der Waals surface area contributed by atoms with Gasteiger partial charge in [-0.2, -0.15) is 0 Å². The van der Waals surface area contributed by atoms with E-state index in [2.05, 4.69) is 10.9 Å². The van der Waals surface area contributed by atoms with Crippen LogP contribution in [0.5, 0.6) is 5.75 Å². The number of hydrogen-bond donors (Lipinski definition) is 2. The molecule has 0 aliphatic rings. The predicted octanol–water partition coefficient (Wildman–Crippen LogP) is 2.53. The number of nitrogens with one attached hydrogen (secondary N) is 2. The molecule has 132 valence electrons. The SMILES string of the molecule is COc1ccc2cc(C(=O)NNC(=O)c3ccc(Cl)cc3)c(=O)oc2c1. The molecule has 26 heavy (non-hydrogen) atoms. The average Bonchev–Trinajstić information content (AvgIpc) is 2.65. The Kier molecular flexibility index (Phi) is 4.90. The van der Waals surface area contributed by atoms with E-state index in [9.17, 15) is 14.4 Å². The Morgan fingerprint density at radius 1 is 1.00 bits per heavy atom. The van der Waals surface area contributed by atoms with Crippen molar-refractivity contribution in [1.29, 1.82) is 0 Å². The molecule has 2 aromatic carbocycles. The number of benzene rings is 2. The zero-order valence-electron chi connectivity index (χ0n) is 13.5. The zero-order valence-corrected chi connectivity index (χ0v) is 14.3. The van der Waals surface area contributed by atoms with Crippen LogP contribution in [0.4, 0.5) is 0 Å². The van der Waals surface area contributed by atoms with Crippen molar-refractivity contribution in [3.8, 4) is 5.75 Å². The van der Waals surface area contributed by atoms with Crippen LogP contribution in [0, 0.1) is 0 Å². The van der Waals surface area contributed by atoms with E-state index in [1.807, 2.05) is 0 Å². The average molecular weight is 373 g/mol. The van der Waals surface area contributed by atoms with Gasteiger partial charge in [0.1, 0.15) is 16.9 Å². The smallest absolute Gasteiger partial charge is 0.349 e. The number of carbonyl (C=O) groups is 2. The maximum atomic E-state index is 12.2. The molecule has 2 amide bonds. The molecule has 0 aliphatic heterocycles. The normalized spacial score (nSPS) is 10.4. The molecule has 1 heterocycles. The number of halogens is 1. The van der Waals surface area contributed by atoms with E-state index < -0.39 is 17.4 Å². The van der Waals surface area contributed by atoms with Crippen molar-refractivity contribution in [1.82, 2.24) is 10.9 Å². The number of methoxy groups -OCH3 is 1. The molecule has 1 aromatic heterocycles. The van der Waals surface area contributed by atoms with Gasteiger partial charge in [0.15, 0.2) is 0 Å². The van der Waals surface area contributed by atoms with Gasteiger partial charge in [-0.15, -0.1) is 0 Å². The first kappa shape index (κ1) is 17.5. The Labute approximate surface area is 152 Å².